The topological polar surface area (TPSA) is 89.9 Å². The Morgan fingerprint density at radius 3 is 2.50 bits per heavy atom. The van der Waals surface area contributed by atoms with E-state index in [9.17, 15) is 9.18 Å². The zero-order valence-corrected chi connectivity index (χ0v) is 19.7. The standard InChI is InChI=1S/C27H23FN6O2/c1-17-31-32-27(36-17)23-11-22-20(10-25(23)28)12-29-14-24(22)19-6-4-18(5-7-19)21-13-30-34(15-21)16-26(35)33-8-2-3-9-33/h4-7,10-15H,2-3,8-9,16H2,1H3. The summed E-state index contributed by atoms with van der Waals surface area (Å²) in [6, 6.07) is 11.2. The fraction of sp³-hybridized carbons (Fsp3) is 0.222. The van der Waals surface area contributed by atoms with Crippen molar-refractivity contribution in [2.45, 2.75) is 26.3 Å². The van der Waals surface area contributed by atoms with Crippen LogP contribution in [0.25, 0.3) is 44.5 Å². The van der Waals surface area contributed by atoms with E-state index in [-0.39, 0.29) is 23.9 Å². The highest BCUT2D eigenvalue weighted by Crippen LogP contribution is 2.34. The number of aromatic nitrogens is 5. The molecule has 1 aliphatic rings. The number of pyridine rings is 1. The van der Waals surface area contributed by atoms with Crippen LogP contribution in [-0.2, 0) is 11.3 Å². The van der Waals surface area contributed by atoms with Gasteiger partial charge in [-0.25, -0.2) is 4.39 Å². The van der Waals surface area contributed by atoms with Gasteiger partial charge in [0.25, 0.3) is 5.89 Å². The summed E-state index contributed by atoms with van der Waals surface area (Å²) in [4.78, 5) is 18.6. The highest BCUT2D eigenvalue weighted by Gasteiger charge is 2.19. The first kappa shape index (κ1) is 22.1. The molecule has 0 N–H and O–H groups in total. The average Bonchev–Trinajstić information content (AvgIpc) is 3.66. The van der Waals surface area contributed by atoms with E-state index in [4.69, 9.17) is 4.42 Å². The van der Waals surface area contributed by atoms with Crippen LogP contribution >= 0.6 is 0 Å². The van der Waals surface area contributed by atoms with Gasteiger partial charge in [-0.05, 0) is 41.5 Å². The second-order valence-corrected chi connectivity index (χ2v) is 8.96. The number of fused-ring (bicyclic) bond motifs is 1. The maximum atomic E-state index is 14.8. The highest BCUT2D eigenvalue weighted by atomic mass is 19.1. The lowest BCUT2D eigenvalue weighted by Gasteiger charge is -2.14. The van der Waals surface area contributed by atoms with Crippen molar-refractivity contribution in [2.75, 3.05) is 13.1 Å². The van der Waals surface area contributed by atoms with Crippen molar-refractivity contribution in [2.24, 2.45) is 0 Å². The van der Waals surface area contributed by atoms with Crippen molar-refractivity contribution >= 4 is 16.7 Å². The monoisotopic (exact) mass is 482 g/mol. The van der Waals surface area contributed by atoms with E-state index in [2.05, 4.69) is 20.3 Å². The van der Waals surface area contributed by atoms with Crippen LogP contribution in [0.5, 0.6) is 0 Å². The Hall–Kier alpha value is -4.40. The predicted molar refractivity (Wildman–Crippen MR) is 132 cm³/mol. The van der Waals surface area contributed by atoms with Crippen LogP contribution < -0.4 is 0 Å². The molecule has 1 fully saturated rings. The number of nitrogens with zero attached hydrogens (tertiary/aromatic N) is 6. The quantitative estimate of drug-likeness (QED) is 0.355. The minimum Gasteiger partial charge on any atom is -0.421 e. The van der Waals surface area contributed by atoms with E-state index in [0.717, 1.165) is 53.6 Å². The number of halogens is 1. The molecule has 4 heterocycles. The average molecular weight is 483 g/mol. The SMILES string of the molecule is Cc1nnc(-c2cc3c(-c4ccc(-c5cnn(CC(=O)N6CCCC6)c5)cc4)cncc3cc2F)o1. The van der Waals surface area contributed by atoms with E-state index in [1.165, 1.54) is 6.07 Å². The maximum Gasteiger partial charge on any atom is 0.250 e. The van der Waals surface area contributed by atoms with Gasteiger partial charge < -0.3 is 9.32 Å². The Morgan fingerprint density at radius 2 is 1.75 bits per heavy atom. The van der Waals surface area contributed by atoms with Gasteiger partial charge in [-0.15, -0.1) is 10.2 Å². The number of likely N-dealkylation sites (tertiary alicyclic amines) is 1. The van der Waals surface area contributed by atoms with Crippen molar-refractivity contribution < 1.29 is 13.6 Å². The molecule has 36 heavy (non-hydrogen) atoms. The lowest BCUT2D eigenvalue weighted by Crippen LogP contribution is -2.31. The third-order valence-corrected chi connectivity index (χ3v) is 6.52. The first-order valence-electron chi connectivity index (χ1n) is 11.8. The minimum atomic E-state index is -0.444. The van der Waals surface area contributed by atoms with Gasteiger partial charge in [0.2, 0.25) is 11.8 Å². The molecule has 9 heteroatoms. The summed E-state index contributed by atoms with van der Waals surface area (Å²) < 4.78 is 21.9. The molecule has 0 bridgehead atoms. The van der Waals surface area contributed by atoms with E-state index >= 15 is 0 Å². The Kier molecular flexibility index (Phi) is 5.52. The zero-order valence-electron chi connectivity index (χ0n) is 19.7. The molecular weight excluding hydrogens is 459 g/mol. The van der Waals surface area contributed by atoms with Crippen LogP contribution in [0.2, 0.25) is 0 Å². The molecule has 180 valence electrons. The van der Waals surface area contributed by atoms with E-state index in [1.807, 2.05) is 35.4 Å². The molecule has 1 aliphatic heterocycles. The lowest BCUT2D eigenvalue weighted by atomic mass is 9.97. The third kappa shape index (κ3) is 4.13. The molecule has 2 aromatic carbocycles. The number of carbonyl (C=O) groups is 1. The fourth-order valence-electron chi connectivity index (χ4n) is 4.64. The van der Waals surface area contributed by atoms with Crippen LogP contribution in [-0.4, -0.2) is 48.9 Å². The smallest absolute Gasteiger partial charge is 0.250 e. The highest BCUT2D eigenvalue weighted by molar-refractivity contribution is 5.98. The zero-order chi connectivity index (χ0) is 24.6. The van der Waals surface area contributed by atoms with Gasteiger partial charge in [0, 0.05) is 55.1 Å². The molecule has 0 radical (unpaired) electrons. The largest absolute Gasteiger partial charge is 0.421 e. The summed E-state index contributed by atoms with van der Waals surface area (Å²) in [5, 5.41) is 13.7. The van der Waals surface area contributed by atoms with Crippen molar-refractivity contribution in [3.8, 4) is 33.7 Å². The number of rotatable bonds is 5. The maximum absolute atomic E-state index is 14.8. The second kappa shape index (κ2) is 8.99. The van der Waals surface area contributed by atoms with Crippen LogP contribution in [0.3, 0.4) is 0 Å². The molecule has 0 spiro atoms. The predicted octanol–water partition coefficient (Wildman–Crippen LogP) is 4.89. The van der Waals surface area contributed by atoms with E-state index in [1.54, 1.807) is 36.3 Å². The summed E-state index contributed by atoms with van der Waals surface area (Å²) in [6.45, 7) is 3.58. The third-order valence-electron chi connectivity index (χ3n) is 6.52. The van der Waals surface area contributed by atoms with Gasteiger partial charge in [-0.3, -0.25) is 14.5 Å². The summed E-state index contributed by atoms with van der Waals surface area (Å²) in [5.41, 5.74) is 3.97. The van der Waals surface area contributed by atoms with Crippen LogP contribution in [0.15, 0.2) is 65.6 Å². The summed E-state index contributed by atoms with van der Waals surface area (Å²) >= 11 is 0. The number of aryl methyl sites for hydroxylation is 1. The minimum absolute atomic E-state index is 0.104. The molecule has 5 aromatic rings. The van der Waals surface area contributed by atoms with Gasteiger partial charge in [-0.2, -0.15) is 5.10 Å². The summed E-state index contributed by atoms with van der Waals surface area (Å²) in [5.74, 6) is 0.178. The summed E-state index contributed by atoms with van der Waals surface area (Å²) in [7, 11) is 0. The molecule has 0 unspecified atom stereocenters. The van der Waals surface area contributed by atoms with E-state index in [0.29, 0.717) is 11.3 Å². The van der Waals surface area contributed by atoms with E-state index < -0.39 is 5.82 Å². The van der Waals surface area contributed by atoms with Crippen LogP contribution in [0.1, 0.15) is 18.7 Å². The van der Waals surface area contributed by atoms with Crippen molar-refractivity contribution in [3.05, 3.63) is 72.9 Å². The number of benzene rings is 2. The number of amides is 1. The number of carbonyl (C=O) groups excluding carboxylic acids is 1. The Balaban J connectivity index is 1.28. The first-order valence-corrected chi connectivity index (χ1v) is 11.8. The molecule has 0 atom stereocenters. The molecule has 8 nitrogen and oxygen atoms in total. The molecule has 0 saturated carbocycles. The van der Waals surface area contributed by atoms with Gasteiger partial charge in [-0.1, -0.05) is 24.3 Å². The molecule has 1 amide bonds. The molecular formula is C27H23FN6O2. The van der Waals surface area contributed by atoms with Crippen LogP contribution in [0.4, 0.5) is 4.39 Å². The van der Waals surface area contributed by atoms with Crippen molar-refractivity contribution in [3.63, 3.8) is 0 Å². The van der Waals surface area contributed by atoms with Gasteiger partial charge in [0.15, 0.2) is 0 Å². The molecule has 0 aliphatic carbocycles. The number of hydrogen-bond donors (Lipinski definition) is 0. The molecule has 3 aromatic heterocycles. The van der Waals surface area contributed by atoms with Gasteiger partial charge >= 0.3 is 0 Å². The molecule has 6 rings (SSSR count). The second-order valence-electron chi connectivity index (χ2n) is 8.96. The number of hydrogen-bond acceptors (Lipinski definition) is 6. The molecule has 1 saturated heterocycles. The summed E-state index contributed by atoms with van der Waals surface area (Å²) in [6.07, 6.45) is 9.21. The Bertz CT molecular complexity index is 1570. The Morgan fingerprint density at radius 1 is 0.972 bits per heavy atom. The fourth-order valence-corrected chi connectivity index (χ4v) is 4.64. The van der Waals surface area contributed by atoms with Crippen molar-refractivity contribution in [1.82, 2.24) is 29.9 Å². The first-order chi connectivity index (χ1) is 17.5. The van der Waals surface area contributed by atoms with Gasteiger partial charge in [0.1, 0.15) is 12.4 Å². The van der Waals surface area contributed by atoms with Crippen LogP contribution in [0, 0.1) is 12.7 Å². The normalized spacial score (nSPS) is 13.6. The lowest BCUT2D eigenvalue weighted by molar-refractivity contribution is -0.130. The Labute approximate surface area is 206 Å². The van der Waals surface area contributed by atoms with Crippen molar-refractivity contribution in [1.29, 1.82) is 0 Å². The van der Waals surface area contributed by atoms with Gasteiger partial charge in [0.05, 0.1) is 11.8 Å².